The van der Waals surface area contributed by atoms with E-state index in [2.05, 4.69) is 34.6 Å². The Balaban J connectivity index is 2.55. The third-order valence-electron chi connectivity index (χ3n) is 4.95. The molecule has 0 radical (unpaired) electrons. The highest BCUT2D eigenvalue weighted by atomic mass is 16.6. The Morgan fingerprint density at radius 3 is 2.00 bits per heavy atom. The highest BCUT2D eigenvalue weighted by Crippen LogP contribution is 2.36. The van der Waals surface area contributed by atoms with Gasteiger partial charge < -0.3 is 9.84 Å². The molecule has 0 amide bonds. The van der Waals surface area contributed by atoms with Gasteiger partial charge in [0.2, 0.25) is 5.78 Å². The summed E-state index contributed by atoms with van der Waals surface area (Å²) >= 11 is 0. The van der Waals surface area contributed by atoms with Crippen molar-refractivity contribution in [2.75, 3.05) is 0 Å². The first-order valence-corrected chi connectivity index (χ1v) is 8.75. The van der Waals surface area contributed by atoms with Gasteiger partial charge in [-0.25, -0.2) is 0 Å². The van der Waals surface area contributed by atoms with Crippen molar-refractivity contribution in [3.8, 4) is 0 Å². The molecule has 0 saturated heterocycles. The minimum Gasteiger partial charge on any atom is -0.459 e. The lowest BCUT2D eigenvalue weighted by Crippen LogP contribution is -2.33. The quantitative estimate of drug-likeness (QED) is 0.707. The second kappa shape index (κ2) is 7.63. The molecule has 0 aromatic carbocycles. The van der Waals surface area contributed by atoms with E-state index in [0.717, 1.165) is 18.3 Å². The zero-order valence-electron chi connectivity index (χ0n) is 15.4. The Labute approximate surface area is 136 Å². The lowest BCUT2D eigenvalue weighted by molar-refractivity contribution is -0.172. The van der Waals surface area contributed by atoms with Crippen molar-refractivity contribution in [1.82, 2.24) is 0 Å². The van der Waals surface area contributed by atoms with E-state index in [-0.39, 0.29) is 11.7 Å². The molecule has 1 aliphatic heterocycles. The molecule has 3 nitrogen and oxygen atoms in total. The maximum absolute atomic E-state index is 11.9. The predicted molar refractivity (Wildman–Crippen MR) is 90.2 cm³/mol. The van der Waals surface area contributed by atoms with Crippen LogP contribution in [0.1, 0.15) is 74.1 Å². The van der Waals surface area contributed by atoms with E-state index in [1.807, 2.05) is 0 Å². The van der Waals surface area contributed by atoms with E-state index in [1.54, 1.807) is 6.92 Å². The van der Waals surface area contributed by atoms with E-state index in [9.17, 15) is 9.90 Å². The number of hydrogen-bond acceptors (Lipinski definition) is 3. The smallest absolute Gasteiger partial charge is 0.269 e. The fourth-order valence-electron chi connectivity index (χ4n) is 3.71. The van der Waals surface area contributed by atoms with Gasteiger partial charge in [-0.1, -0.05) is 41.0 Å². The highest BCUT2D eigenvalue weighted by molar-refractivity contribution is 6.02. The Morgan fingerprint density at radius 1 is 1.05 bits per heavy atom. The van der Waals surface area contributed by atoms with Crippen molar-refractivity contribution in [2.24, 2.45) is 23.7 Å². The van der Waals surface area contributed by atoms with Crippen molar-refractivity contribution in [2.45, 2.75) is 79.9 Å². The monoisotopic (exact) mass is 310 g/mol. The molecule has 0 fully saturated rings. The van der Waals surface area contributed by atoms with Crippen LogP contribution in [0, 0.1) is 23.7 Å². The number of ether oxygens (including phenoxy) is 1. The van der Waals surface area contributed by atoms with Gasteiger partial charge in [0, 0.05) is 18.4 Å². The fraction of sp³-hybridized carbons (Fsp3) is 0.842. The van der Waals surface area contributed by atoms with Gasteiger partial charge in [0.25, 0.3) is 5.79 Å². The van der Waals surface area contributed by atoms with E-state index in [1.165, 1.54) is 26.2 Å². The lowest BCUT2D eigenvalue weighted by atomic mass is 9.84. The molecule has 3 heteroatoms. The van der Waals surface area contributed by atoms with Crippen molar-refractivity contribution >= 4 is 5.78 Å². The summed E-state index contributed by atoms with van der Waals surface area (Å²) in [4.78, 5) is 11.9. The molecule has 128 valence electrons. The number of rotatable bonds is 8. The largest absolute Gasteiger partial charge is 0.459 e. The standard InChI is InChI=1S/C19H34O3/c1-8-12(2)9-13(3)10-14(4)11-15(5)17-16(6)18(20)19(7,21)22-17/h12-15,21H,8-11H2,1-7H3/t12-,13-,14-,15+,19-/m0/s1. The van der Waals surface area contributed by atoms with Gasteiger partial charge in [-0.05, 0) is 43.9 Å². The van der Waals surface area contributed by atoms with Crippen LogP contribution in [-0.4, -0.2) is 16.7 Å². The van der Waals surface area contributed by atoms with Crippen LogP contribution in [0.2, 0.25) is 0 Å². The highest BCUT2D eigenvalue weighted by Gasteiger charge is 2.43. The Morgan fingerprint density at radius 2 is 1.55 bits per heavy atom. The molecule has 0 bridgehead atoms. The van der Waals surface area contributed by atoms with Crippen LogP contribution in [-0.2, 0) is 9.53 Å². The van der Waals surface area contributed by atoms with Crippen molar-refractivity contribution in [3.05, 3.63) is 11.3 Å². The molecule has 0 saturated carbocycles. The third kappa shape index (κ3) is 4.84. The number of hydrogen-bond donors (Lipinski definition) is 1. The Hall–Kier alpha value is -0.830. The molecular formula is C19H34O3. The number of aliphatic hydroxyl groups is 1. The number of allylic oxidation sites excluding steroid dienone is 1. The summed E-state index contributed by atoms with van der Waals surface area (Å²) in [5, 5.41) is 9.95. The minimum absolute atomic E-state index is 0.170. The van der Waals surface area contributed by atoms with Crippen LogP contribution < -0.4 is 0 Å². The lowest BCUT2D eigenvalue weighted by Gasteiger charge is -2.24. The van der Waals surface area contributed by atoms with Crippen LogP contribution in [0.3, 0.4) is 0 Å². The topological polar surface area (TPSA) is 46.5 Å². The normalized spacial score (nSPS) is 27.5. The fourth-order valence-corrected chi connectivity index (χ4v) is 3.71. The van der Waals surface area contributed by atoms with Gasteiger partial charge in [-0.2, -0.15) is 0 Å². The average Bonchev–Trinajstić information content (AvgIpc) is 2.61. The molecule has 0 unspecified atom stereocenters. The first-order chi connectivity index (χ1) is 10.1. The molecule has 22 heavy (non-hydrogen) atoms. The molecule has 0 aromatic heterocycles. The maximum atomic E-state index is 11.9. The molecule has 0 aromatic rings. The molecule has 1 rings (SSSR count). The first kappa shape index (κ1) is 19.2. The summed E-state index contributed by atoms with van der Waals surface area (Å²) in [6.07, 6.45) is 4.71. The summed E-state index contributed by atoms with van der Waals surface area (Å²) in [5.74, 6) is 0.976. The van der Waals surface area contributed by atoms with Crippen molar-refractivity contribution in [1.29, 1.82) is 0 Å². The van der Waals surface area contributed by atoms with Crippen LogP contribution in [0.15, 0.2) is 11.3 Å². The number of Topliss-reactive ketones (excluding diaryl/α,β-unsaturated/α-hetero) is 1. The summed E-state index contributed by atoms with van der Waals surface area (Å²) in [6.45, 7) is 14.4. The molecular weight excluding hydrogens is 276 g/mol. The molecule has 1 heterocycles. The summed E-state index contributed by atoms with van der Waals surface area (Å²) < 4.78 is 5.51. The number of carbonyl (C=O) groups is 1. The predicted octanol–water partition coefficient (Wildman–Crippen LogP) is 4.69. The number of carbonyl (C=O) groups excluding carboxylic acids is 1. The molecule has 1 aliphatic rings. The molecule has 0 spiro atoms. The second-order valence-corrected chi connectivity index (χ2v) is 7.74. The Kier molecular flexibility index (Phi) is 6.66. The van der Waals surface area contributed by atoms with E-state index in [0.29, 0.717) is 17.3 Å². The van der Waals surface area contributed by atoms with Crippen LogP contribution in [0.5, 0.6) is 0 Å². The van der Waals surface area contributed by atoms with E-state index >= 15 is 0 Å². The van der Waals surface area contributed by atoms with Crippen LogP contribution in [0.4, 0.5) is 0 Å². The van der Waals surface area contributed by atoms with Crippen LogP contribution in [0.25, 0.3) is 0 Å². The zero-order chi connectivity index (χ0) is 17.1. The van der Waals surface area contributed by atoms with Gasteiger partial charge in [0.05, 0.1) is 0 Å². The van der Waals surface area contributed by atoms with Gasteiger partial charge in [0.1, 0.15) is 5.76 Å². The maximum Gasteiger partial charge on any atom is 0.269 e. The van der Waals surface area contributed by atoms with Crippen molar-refractivity contribution in [3.63, 3.8) is 0 Å². The summed E-state index contributed by atoms with van der Waals surface area (Å²) in [6, 6.07) is 0. The van der Waals surface area contributed by atoms with Gasteiger partial charge >= 0.3 is 0 Å². The zero-order valence-corrected chi connectivity index (χ0v) is 15.4. The van der Waals surface area contributed by atoms with Crippen LogP contribution >= 0.6 is 0 Å². The van der Waals surface area contributed by atoms with Gasteiger partial charge in [-0.15, -0.1) is 0 Å². The first-order valence-electron chi connectivity index (χ1n) is 8.75. The van der Waals surface area contributed by atoms with E-state index in [4.69, 9.17) is 4.74 Å². The van der Waals surface area contributed by atoms with Gasteiger partial charge in [-0.3, -0.25) is 4.79 Å². The third-order valence-corrected chi connectivity index (χ3v) is 4.95. The SMILES string of the molecule is CC[C@H](C)C[C@H](C)C[C@H](C)C[C@@H](C)C1=C(C)C(=O)[C@@](C)(O)O1. The minimum atomic E-state index is -1.67. The van der Waals surface area contributed by atoms with E-state index < -0.39 is 5.79 Å². The number of ketones is 1. The molecule has 0 aliphatic carbocycles. The molecule has 1 N–H and O–H groups in total. The summed E-state index contributed by atoms with van der Waals surface area (Å²) in [7, 11) is 0. The van der Waals surface area contributed by atoms with Crippen molar-refractivity contribution < 1.29 is 14.6 Å². The molecule has 5 atom stereocenters. The summed E-state index contributed by atoms with van der Waals surface area (Å²) in [5.41, 5.74) is 0.581. The second-order valence-electron chi connectivity index (χ2n) is 7.74. The Bertz CT molecular complexity index is 422. The van der Waals surface area contributed by atoms with Gasteiger partial charge in [0.15, 0.2) is 0 Å². The average molecular weight is 310 g/mol.